The highest BCUT2D eigenvalue weighted by molar-refractivity contribution is 6.06. The van der Waals surface area contributed by atoms with Crippen LogP contribution in [0.25, 0.3) is 11.4 Å². The molecule has 2 amide bonds. The van der Waals surface area contributed by atoms with E-state index < -0.39 is 0 Å². The fraction of sp³-hybridized carbons (Fsp3) is 0.158. The minimum absolute atomic E-state index is 0.00573. The number of carbonyl (C=O) groups is 2. The Morgan fingerprint density at radius 2 is 2.00 bits per heavy atom. The van der Waals surface area contributed by atoms with Gasteiger partial charge in [0.2, 0.25) is 0 Å². The van der Waals surface area contributed by atoms with Crippen LogP contribution in [0.4, 0.5) is 11.4 Å². The van der Waals surface area contributed by atoms with Crippen LogP contribution in [-0.2, 0) is 4.79 Å². The van der Waals surface area contributed by atoms with Gasteiger partial charge in [-0.05, 0) is 49.4 Å². The van der Waals surface area contributed by atoms with Crippen molar-refractivity contribution < 1.29 is 14.3 Å². The zero-order valence-corrected chi connectivity index (χ0v) is 14.8. The minimum atomic E-state index is -0.272. The molecule has 0 fully saturated rings. The maximum atomic E-state index is 12.6. The number of carbonyl (C=O) groups excluding carboxylic acids is 2. The van der Waals surface area contributed by atoms with Crippen LogP contribution >= 0.6 is 0 Å². The number of nitrogens with zero attached hydrogens (tertiary/aromatic N) is 3. The fourth-order valence-corrected chi connectivity index (χ4v) is 2.79. The van der Waals surface area contributed by atoms with Gasteiger partial charge in [0.25, 0.3) is 11.8 Å². The molecule has 0 aliphatic carbocycles. The summed E-state index contributed by atoms with van der Waals surface area (Å²) in [6, 6.07) is 12.3. The first kappa shape index (κ1) is 16.8. The van der Waals surface area contributed by atoms with Gasteiger partial charge in [-0.25, -0.2) is 4.98 Å². The molecule has 2 heterocycles. The Balaban J connectivity index is 1.52. The number of aromatic amines is 1. The number of nitrogens with one attached hydrogen (secondary N) is 2. The molecule has 1 aliphatic heterocycles. The maximum absolute atomic E-state index is 12.6. The zero-order valence-electron chi connectivity index (χ0n) is 14.8. The van der Waals surface area contributed by atoms with E-state index in [0.29, 0.717) is 28.5 Å². The average molecular weight is 363 g/mol. The lowest BCUT2D eigenvalue weighted by Crippen LogP contribution is -2.35. The molecule has 0 atom stereocenters. The number of H-pyrrole nitrogens is 1. The number of likely N-dealkylation sites (N-methyl/N-ethyl adjacent to an activating group) is 1. The van der Waals surface area contributed by atoms with Gasteiger partial charge in [-0.3, -0.25) is 14.7 Å². The number of amides is 2. The van der Waals surface area contributed by atoms with Crippen molar-refractivity contribution in [2.24, 2.45) is 0 Å². The molecule has 0 spiro atoms. The van der Waals surface area contributed by atoms with E-state index in [4.69, 9.17) is 4.74 Å². The van der Waals surface area contributed by atoms with Crippen molar-refractivity contribution in [1.29, 1.82) is 0 Å². The molecule has 3 aromatic rings. The highest BCUT2D eigenvalue weighted by atomic mass is 16.5. The van der Waals surface area contributed by atoms with E-state index in [0.717, 1.165) is 11.4 Å². The summed E-state index contributed by atoms with van der Waals surface area (Å²) in [4.78, 5) is 30.1. The van der Waals surface area contributed by atoms with Gasteiger partial charge in [0.15, 0.2) is 12.4 Å². The van der Waals surface area contributed by atoms with Crippen molar-refractivity contribution >= 4 is 23.2 Å². The van der Waals surface area contributed by atoms with E-state index in [1.165, 1.54) is 4.90 Å². The summed E-state index contributed by atoms with van der Waals surface area (Å²) in [7, 11) is 1.66. The Labute approximate surface area is 155 Å². The number of hydrogen-bond acceptors (Lipinski definition) is 5. The Morgan fingerprint density at radius 1 is 1.22 bits per heavy atom. The van der Waals surface area contributed by atoms with Crippen LogP contribution < -0.4 is 15.0 Å². The van der Waals surface area contributed by atoms with Crippen molar-refractivity contribution in [2.45, 2.75) is 6.92 Å². The zero-order chi connectivity index (χ0) is 19.0. The quantitative estimate of drug-likeness (QED) is 0.744. The van der Waals surface area contributed by atoms with E-state index in [9.17, 15) is 9.59 Å². The highest BCUT2D eigenvalue weighted by Crippen LogP contribution is 2.32. The summed E-state index contributed by atoms with van der Waals surface area (Å²) < 4.78 is 5.38. The van der Waals surface area contributed by atoms with Gasteiger partial charge in [-0.1, -0.05) is 0 Å². The molecule has 2 N–H and O–H groups in total. The summed E-state index contributed by atoms with van der Waals surface area (Å²) in [5, 5.41) is 9.75. The van der Waals surface area contributed by atoms with Crippen molar-refractivity contribution in [3.05, 3.63) is 53.9 Å². The van der Waals surface area contributed by atoms with Gasteiger partial charge in [0.1, 0.15) is 11.6 Å². The van der Waals surface area contributed by atoms with Gasteiger partial charge in [0.05, 0.1) is 5.69 Å². The Morgan fingerprint density at radius 3 is 2.70 bits per heavy atom. The number of hydrogen-bond donors (Lipinski definition) is 2. The molecule has 1 aromatic heterocycles. The van der Waals surface area contributed by atoms with E-state index in [-0.39, 0.29) is 18.4 Å². The molecule has 0 radical (unpaired) electrons. The first-order chi connectivity index (χ1) is 13.0. The van der Waals surface area contributed by atoms with Crippen LogP contribution in [-0.4, -0.2) is 40.7 Å². The highest BCUT2D eigenvalue weighted by Gasteiger charge is 2.23. The molecule has 4 rings (SSSR count). The van der Waals surface area contributed by atoms with Crippen molar-refractivity contribution in [2.75, 3.05) is 23.9 Å². The lowest BCUT2D eigenvalue weighted by molar-refractivity contribution is -0.120. The van der Waals surface area contributed by atoms with Crippen molar-refractivity contribution in [1.82, 2.24) is 15.2 Å². The third-order valence-corrected chi connectivity index (χ3v) is 4.31. The standard InChI is InChI=1S/C19H17N5O3/c1-11-20-18(23-22-11)12-3-6-14(7-4-12)21-19(26)13-5-8-16-15(9-13)24(2)17(25)10-27-16/h3-9H,10H2,1-2H3,(H,21,26)(H,20,22,23). The lowest BCUT2D eigenvalue weighted by atomic mass is 10.1. The molecular weight excluding hydrogens is 346 g/mol. The summed E-state index contributed by atoms with van der Waals surface area (Å²) in [6.07, 6.45) is 0. The fourth-order valence-electron chi connectivity index (χ4n) is 2.79. The molecule has 2 aromatic carbocycles. The SMILES string of the molecule is Cc1nc(-c2ccc(NC(=O)c3ccc4c(c3)N(C)C(=O)CO4)cc2)n[nH]1. The van der Waals surface area contributed by atoms with Crippen LogP contribution in [0.1, 0.15) is 16.2 Å². The van der Waals surface area contributed by atoms with Gasteiger partial charge < -0.3 is 15.0 Å². The predicted octanol–water partition coefficient (Wildman–Crippen LogP) is 2.39. The Kier molecular flexibility index (Phi) is 4.08. The van der Waals surface area contributed by atoms with Crippen molar-refractivity contribution in [3.8, 4) is 17.1 Å². The molecule has 0 bridgehead atoms. The molecule has 27 heavy (non-hydrogen) atoms. The molecule has 1 aliphatic rings. The van der Waals surface area contributed by atoms with Crippen LogP contribution in [0.2, 0.25) is 0 Å². The number of rotatable bonds is 3. The van der Waals surface area contributed by atoms with Crippen LogP contribution in [0, 0.1) is 6.92 Å². The number of fused-ring (bicyclic) bond motifs is 1. The van der Waals surface area contributed by atoms with E-state index in [1.807, 2.05) is 19.1 Å². The van der Waals surface area contributed by atoms with Gasteiger partial charge in [-0.2, -0.15) is 5.10 Å². The van der Waals surface area contributed by atoms with E-state index in [1.54, 1.807) is 37.4 Å². The number of anilines is 2. The number of ether oxygens (including phenoxy) is 1. The molecule has 0 saturated carbocycles. The number of benzene rings is 2. The molecular formula is C19H17N5O3. The summed E-state index contributed by atoms with van der Waals surface area (Å²) in [5.41, 5.74) is 2.51. The predicted molar refractivity (Wildman–Crippen MR) is 99.9 cm³/mol. The van der Waals surface area contributed by atoms with Crippen LogP contribution in [0.15, 0.2) is 42.5 Å². The van der Waals surface area contributed by atoms with Gasteiger partial charge >= 0.3 is 0 Å². The van der Waals surface area contributed by atoms with E-state index >= 15 is 0 Å². The molecule has 8 heteroatoms. The third kappa shape index (κ3) is 3.24. The van der Waals surface area contributed by atoms with Gasteiger partial charge in [0, 0.05) is 23.9 Å². The smallest absolute Gasteiger partial charge is 0.264 e. The molecule has 136 valence electrons. The van der Waals surface area contributed by atoms with Gasteiger partial charge in [-0.15, -0.1) is 0 Å². The number of aromatic nitrogens is 3. The summed E-state index contributed by atoms with van der Waals surface area (Å²) in [6.45, 7) is 1.84. The second kappa shape index (κ2) is 6.56. The first-order valence-electron chi connectivity index (χ1n) is 8.35. The molecule has 8 nitrogen and oxygen atoms in total. The Bertz CT molecular complexity index is 1030. The monoisotopic (exact) mass is 363 g/mol. The topological polar surface area (TPSA) is 100 Å². The molecule has 0 unspecified atom stereocenters. The Hall–Kier alpha value is -3.68. The second-order valence-electron chi connectivity index (χ2n) is 6.20. The third-order valence-electron chi connectivity index (χ3n) is 4.31. The van der Waals surface area contributed by atoms with Crippen molar-refractivity contribution in [3.63, 3.8) is 0 Å². The average Bonchev–Trinajstić information content (AvgIpc) is 3.11. The second-order valence-corrected chi connectivity index (χ2v) is 6.20. The van der Waals surface area contributed by atoms with Crippen LogP contribution in [0.5, 0.6) is 5.75 Å². The number of aryl methyl sites for hydroxylation is 1. The first-order valence-corrected chi connectivity index (χ1v) is 8.35. The lowest BCUT2D eigenvalue weighted by Gasteiger charge is -2.26. The van der Waals surface area contributed by atoms with E-state index in [2.05, 4.69) is 20.5 Å². The maximum Gasteiger partial charge on any atom is 0.264 e. The minimum Gasteiger partial charge on any atom is -0.482 e. The largest absolute Gasteiger partial charge is 0.482 e. The normalized spacial score (nSPS) is 13.1. The summed E-state index contributed by atoms with van der Waals surface area (Å²) in [5.74, 6) is 1.50. The molecule has 0 saturated heterocycles. The van der Waals surface area contributed by atoms with Crippen LogP contribution in [0.3, 0.4) is 0 Å². The summed E-state index contributed by atoms with van der Waals surface area (Å²) >= 11 is 0.